The van der Waals surface area contributed by atoms with E-state index < -0.39 is 10.0 Å². The van der Waals surface area contributed by atoms with Crippen LogP contribution in [0, 0.1) is 5.92 Å². The van der Waals surface area contributed by atoms with Crippen molar-refractivity contribution in [3.8, 4) is 0 Å². The Morgan fingerprint density at radius 1 is 1.38 bits per heavy atom. The summed E-state index contributed by atoms with van der Waals surface area (Å²) < 4.78 is 32.6. The topological polar surface area (TPSA) is 67.4 Å². The first-order valence-corrected chi connectivity index (χ1v) is 9.67. The predicted molar refractivity (Wildman–Crippen MR) is 87.2 cm³/mol. The molecule has 21 heavy (non-hydrogen) atoms. The highest BCUT2D eigenvalue weighted by Crippen LogP contribution is 2.19. The van der Waals surface area contributed by atoms with Crippen molar-refractivity contribution < 1.29 is 13.2 Å². The Hall–Kier alpha value is -0.470. The van der Waals surface area contributed by atoms with E-state index in [1.807, 2.05) is 12.3 Å². The van der Waals surface area contributed by atoms with Crippen LogP contribution in [0.15, 0.2) is 15.7 Å². The molecule has 1 aromatic heterocycles. The molecule has 1 rings (SSSR count). The maximum Gasteiger partial charge on any atom is 0.250 e. The minimum atomic E-state index is -3.38. The number of hydrogen-bond acceptors (Lipinski definition) is 5. The summed E-state index contributed by atoms with van der Waals surface area (Å²) in [4.78, 5) is 0. The van der Waals surface area contributed by atoms with Crippen molar-refractivity contribution in [1.29, 1.82) is 0 Å². The summed E-state index contributed by atoms with van der Waals surface area (Å²) in [6.45, 7) is 9.46. The van der Waals surface area contributed by atoms with Gasteiger partial charge in [0.05, 0.1) is 0 Å². The monoisotopic (exact) mass is 334 g/mol. The summed E-state index contributed by atoms with van der Waals surface area (Å²) >= 11 is 1.26. The average molecular weight is 335 g/mol. The van der Waals surface area contributed by atoms with Gasteiger partial charge in [-0.25, -0.2) is 13.1 Å². The second kappa shape index (κ2) is 9.53. The summed E-state index contributed by atoms with van der Waals surface area (Å²) in [6.07, 6.45) is 0.682. The van der Waals surface area contributed by atoms with E-state index in [1.54, 1.807) is 6.07 Å². The number of sulfonamides is 1. The summed E-state index contributed by atoms with van der Waals surface area (Å²) in [5, 5.41) is 5.06. The lowest BCUT2D eigenvalue weighted by Gasteiger charge is -2.07. The highest BCUT2D eigenvalue weighted by molar-refractivity contribution is 7.91. The van der Waals surface area contributed by atoms with E-state index in [-0.39, 0.29) is 0 Å². The number of hydrogen-bond donors (Lipinski definition) is 2. The van der Waals surface area contributed by atoms with Crippen LogP contribution >= 0.6 is 11.3 Å². The molecule has 7 heteroatoms. The molecular formula is C14H26N2O3S2. The van der Waals surface area contributed by atoms with Gasteiger partial charge in [-0.3, -0.25) is 0 Å². The maximum atomic E-state index is 12.1. The van der Waals surface area contributed by atoms with E-state index in [4.69, 9.17) is 4.74 Å². The first-order chi connectivity index (χ1) is 9.95. The van der Waals surface area contributed by atoms with Crippen LogP contribution in [0.5, 0.6) is 0 Å². The predicted octanol–water partition coefficient (Wildman–Crippen LogP) is 2.20. The van der Waals surface area contributed by atoms with Crippen LogP contribution in [0.1, 0.15) is 32.8 Å². The van der Waals surface area contributed by atoms with E-state index in [0.29, 0.717) is 42.9 Å². The number of nitrogens with one attached hydrogen (secondary N) is 2. The Morgan fingerprint density at radius 2 is 2.14 bits per heavy atom. The number of rotatable bonds is 11. The fourth-order valence-electron chi connectivity index (χ4n) is 1.63. The molecule has 1 heterocycles. The van der Waals surface area contributed by atoms with E-state index in [1.165, 1.54) is 11.3 Å². The Balaban J connectivity index is 2.34. The quantitative estimate of drug-likeness (QED) is 0.609. The van der Waals surface area contributed by atoms with E-state index in [2.05, 4.69) is 23.9 Å². The molecule has 0 spiro atoms. The molecule has 2 N–H and O–H groups in total. The third kappa shape index (κ3) is 7.37. The third-order valence-electron chi connectivity index (χ3n) is 2.68. The molecule has 0 fully saturated rings. The molecule has 0 saturated heterocycles. The van der Waals surface area contributed by atoms with Crippen LogP contribution in [0.2, 0.25) is 0 Å². The smallest absolute Gasteiger partial charge is 0.250 e. The van der Waals surface area contributed by atoms with E-state index in [9.17, 15) is 8.42 Å². The van der Waals surface area contributed by atoms with Gasteiger partial charge in [-0.2, -0.15) is 0 Å². The highest BCUT2D eigenvalue weighted by atomic mass is 32.2. The Labute approximate surface area is 132 Å². The van der Waals surface area contributed by atoms with Gasteiger partial charge in [-0.05, 0) is 35.9 Å². The van der Waals surface area contributed by atoms with Gasteiger partial charge in [0, 0.05) is 26.3 Å². The summed E-state index contributed by atoms with van der Waals surface area (Å²) in [7, 11) is -3.38. The minimum absolute atomic E-state index is 0.374. The van der Waals surface area contributed by atoms with Crippen molar-refractivity contribution in [2.24, 2.45) is 5.92 Å². The third-order valence-corrected chi connectivity index (χ3v) is 5.63. The summed E-state index contributed by atoms with van der Waals surface area (Å²) in [5.41, 5.74) is 1.00. The van der Waals surface area contributed by atoms with Crippen LogP contribution < -0.4 is 10.0 Å². The van der Waals surface area contributed by atoms with Gasteiger partial charge in [0.25, 0.3) is 0 Å². The lowest BCUT2D eigenvalue weighted by Crippen LogP contribution is -2.25. The van der Waals surface area contributed by atoms with Crippen LogP contribution in [0.25, 0.3) is 0 Å². The van der Waals surface area contributed by atoms with Gasteiger partial charge in [0.15, 0.2) is 0 Å². The summed E-state index contributed by atoms with van der Waals surface area (Å²) in [6, 6.07) is 1.73. The first-order valence-electron chi connectivity index (χ1n) is 7.31. The zero-order chi connectivity index (χ0) is 15.7. The van der Waals surface area contributed by atoms with Gasteiger partial charge in [0.1, 0.15) is 4.21 Å². The average Bonchev–Trinajstić information content (AvgIpc) is 2.89. The Kier molecular flexibility index (Phi) is 8.43. The Morgan fingerprint density at radius 3 is 2.81 bits per heavy atom. The lowest BCUT2D eigenvalue weighted by molar-refractivity contribution is 0.108. The van der Waals surface area contributed by atoms with Crippen LogP contribution in [0.3, 0.4) is 0 Å². The van der Waals surface area contributed by atoms with Crippen molar-refractivity contribution in [1.82, 2.24) is 10.0 Å². The molecule has 0 bridgehead atoms. The molecule has 0 aliphatic heterocycles. The molecule has 0 radical (unpaired) electrons. The van der Waals surface area contributed by atoms with Gasteiger partial charge < -0.3 is 10.1 Å². The van der Waals surface area contributed by atoms with Gasteiger partial charge in [-0.15, -0.1) is 11.3 Å². The molecule has 5 nitrogen and oxygen atoms in total. The number of thiophene rings is 1. The van der Waals surface area contributed by atoms with Crippen molar-refractivity contribution in [2.75, 3.05) is 26.3 Å². The molecule has 122 valence electrons. The fraction of sp³-hybridized carbons (Fsp3) is 0.714. The van der Waals surface area contributed by atoms with Crippen LogP contribution in [0.4, 0.5) is 0 Å². The zero-order valence-electron chi connectivity index (χ0n) is 13.0. The van der Waals surface area contributed by atoms with E-state index >= 15 is 0 Å². The van der Waals surface area contributed by atoms with Crippen molar-refractivity contribution in [3.63, 3.8) is 0 Å². The molecule has 0 amide bonds. The number of ether oxygens (including phenoxy) is 1. The molecule has 0 saturated carbocycles. The highest BCUT2D eigenvalue weighted by Gasteiger charge is 2.15. The second-order valence-corrected chi connectivity index (χ2v) is 8.18. The van der Waals surface area contributed by atoms with Crippen molar-refractivity contribution in [2.45, 2.75) is 37.9 Å². The van der Waals surface area contributed by atoms with Gasteiger partial charge >= 0.3 is 0 Å². The molecule has 1 aromatic rings. The maximum absolute atomic E-state index is 12.1. The van der Waals surface area contributed by atoms with Crippen LogP contribution in [-0.4, -0.2) is 34.7 Å². The second-order valence-electron chi connectivity index (χ2n) is 5.27. The van der Waals surface area contributed by atoms with Crippen molar-refractivity contribution >= 4 is 21.4 Å². The normalized spacial score (nSPS) is 12.2. The molecule has 0 aliphatic carbocycles. The fourth-order valence-corrected chi connectivity index (χ4v) is 3.96. The molecule has 0 aromatic carbocycles. The van der Waals surface area contributed by atoms with Crippen molar-refractivity contribution in [3.05, 3.63) is 17.0 Å². The van der Waals surface area contributed by atoms with E-state index in [0.717, 1.165) is 12.1 Å². The van der Waals surface area contributed by atoms with Gasteiger partial charge in [-0.1, -0.05) is 20.8 Å². The SMILES string of the molecule is CCNCc1csc(S(=O)(=O)NCCCOCC(C)C)c1. The zero-order valence-corrected chi connectivity index (χ0v) is 14.6. The van der Waals surface area contributed by atoms with Crippen LogP contribution in [-0.2, 0) is 21.3 Å². The summed E-state index contributed by atoms with van der Waals surface area (Å²) in [5.74, 6) is 0.503. The van der Waals surface area contributed by atoms with Gasteiger partial charge in [0.2, 0.25) is 10.0 Å². The largest absolute Gasteiger partial charge is 0.381 e. The lowest BCUT2D eigenvalue weighted by atomic mass is 10.2. The molecule has 0 aliphatic rings. The molecular weight excluding hydrogens is 308 g/mol. The Bertz CT molecular complexity index is 498. The minimum Gasteiger partial charge on any atom is -0.381 e. The molecule has 0 atom stereocenters. The first kappa shape index (κ1) is 18.6. The standard InChI is InChI=1S/C14H26N2O3S2/c1-4-15-9-13-8-14(20-11-13)21(17,18)16-6-5-7-19-10-12(2)3/h8,11-12,15-16H,4-7,9-10H2,1-3H3. The molecule has 0 unspecified atom stereocenters.